The lowest BCUT2D eigenvalue weighted by molar-refractivity contribution is -0.140. The highest BCUT2D eigenvalue weighted by Gasteiger charge is 2.42. The number of carbonyl (C=O) groups is 2. The third-order valence-electron chi connectivity index (χ3n) is 7.40. The number of dihydropyridines is 1. The number of hydrogen-bond donors (Lipinski definition) is 1. The smallest absolute Gasteiger partial charge is 0.336 e. The number of aryl methyl sites for hydroxylation is 1. The van der Waals surface area contributed by atoms with Crippen LogP contribution in [0.5, 0.6) is 5.75 Å². The molecule has 0 saturated heterocycles. The number of hydrogen-bond acceptors (Lipinski definition) is 8. The lowest BCUT2D eigenvalue weighted by Gasteiger charge is -2.36. The van der Waals surface area contributed by atoms with Crippen LogP contribution in [0.3, 0.4) is 0 Å². The zero-order valence-electron chi connectivity index (χ0n) is 22.5. The van der Waals surface area contributed by atoms with Gasteiger partial charge in [0.1, 0.15) is 17.9 Å². The number of fused-ring (bicyclic) bond motifs is 1. The molecule has 1 N–H and O–H groups in total. The number of methoxy groups -OCH3 is 2. The largest absolute Gasteiger partial charge is 0.497 e. The molecule has 0 bridgehead atoms. The van der Waals surface area contributed by atoms with Crippen molar-refractivity contribution in [2.45, 2.75) is 38.5 Å². The molecule has 2 aromatic carbocycles. The summed E-state index contributed by atoms with van der Waals surface area (Å²) in [5.41, 5.74) is 4.12. The Hall–Kier alpha value is -4.17. The van der Waals surface area contributed by atoms with Crippen molar-refractivity contribution in [1.82, 2.24) is 5.32 Å². The molecule has 0 saturated carbocycles. The Balaban J connectivity index is 1.64. The molecule has 1 aliphatic carbocycles. The molecule has 0 spiro atoms. The van der Waals surface area contributed by atoms with E-state index < -0.39 is 11.9 Å². The number of Topliss-reactive ketones (excluding diaryl/α,β-unsaturated/α-hetero) is 1. The second-order valence-electron chi connectivity index (χ2n) is 9.94. The summed E-state index contributed by atoms with van der Waals surface area (Å²) in [5.74, 6) is -1.04. The van der Waals surface area contributed by atoms with E-state index in [1.165, 1.54) is 13.4 Å². The lowest BCUT2D eigenvalue weighted by atomic mass is 9.72. The summed E-state index contributed by atoms with van der Waals surface area (Å²) < 4.78 is 21.7. The van der Waals surface area contributed by atoms with Crippen LogP contribution in [0.15, 0.2) is 80.5 Å². The number of allylic oxidation sites excluding steroid dienone is 3. The van der Waals surface area contributed by atoms with Crippen LogP contribution in [0.4, 0.5) is 0 Å². The summed E-state index contributed by atoms with van der Waals surface area (Å²) in [6.45, 7) is 3.92. The van der Waals surface area contributed by atoms with Gasteiger partial charge in [-0.2, -0.15) is 0 Å². The first-order valence-corrected chi connectivity index (χ1v) is 12.9. The molecular weight excluding hydrogens is 498 g/mol. The van der Waals surface area contributed by atoms with Crippen LogP contribution in [-0.4, -0.2) is 39.2 Å². The van der Waals surface area contributed by atoms with Crippen molar-refractivity contribution in [1.29, 1.82) is 0 Å². The van der Waals surface area contributed by atoms with Gasteiger partial charge in [0.05, 0.1) is 36.9 Å². The molecule has 202 valence electrons. The van der Waals surface area contributed by atoms with E-state index in [0.717, 1.165) is 16.9 Å². The molecule has 8 heteroatoms. The summed E-state index contributed by atoms with van der Waals surface area (Å²) in [4.78, 5) is 41.1. The van der Waals surface area contributed by atoms with Crippen molar-refractivity contribution in [2.24, 2.45) is 0 Å². The standard InChI is InChI=1S/C31H31NO7/c1-17-8-9-26-22(12-17)30(34)23(16-39-26)28-27(31(35)38-11-10-36-3)18(2)32-24-14-20(15-25(33)29(24)28)19-6-5-7-21(13-19)37-4/h5-9,12-13,16,20,28,32H,10-11,14-15H2,1-4H3/t20-,28-/m0/s1. The van der Waals surface area contributed by atoms with Crippen LogP contribution in [0.1, 0.15) is 48.3 Å². The lowest BCUT2D eigenvalue weighted by Crippen LogP contribution is -2.37. The Labute approximate surface area is 226 Å². The number of carbonyl (C=O) groups excluding carboxylic acids is 2. The summed E-state index contributed by atoms with van der Waals surface area (Å²) in [6, 6.07) is 13.1. The van der Waals surface area contributed by atoms with E-state index in [9.17, 15) is 14.4 Å². The number of benzene rings is 2. The molecule has 0 radical (unpaired) electrons. The van der Waals surface area contributed by atoms with Gasteiger partial charge in [-0.1, -0.05) is 23.8 Å². The third-order valence-corrected chi connectivity index (χ3v) is 7.40. The van der Waals surface area contributed by atoms with Gasteiger partial charge in [0, 0.05) is 36.1 Å². The third kappa shape index (κ3) is 5.00. The van der Waals surface area contributed by atoms with E-state index in [4.69, 9.17) is 18.6 Å². The minimum absolute atomic E-state index is 0.0438. The van der Waals surface area contributed by atoms with E-state index in [1.54, 1.807) is 26.2 Å². The molecule has 39 heavy (non-hydrogen) atoms. The maximum absolute atomic E-state index is 13.9. The van der Waals surface area contributed by atoms with Crippen molar-refractivity contribution < 1.29 is 28.2 Å². The summed E-state index contributed by atoms with van der Waals surface area (Å²) in [7, 11) is 3.12. The molecule has 1 aliphatic heterocycles. The molecule has 5 rings (SSSR count). The second kappa shape index (κ2) is 10.9. The van der Waals surface area contributed by atoms with Crippen LogP contribution in [0, 0.1) is 6.92 Å². The summed E-state index contributed by atoms with van der Waals surface area (Å²) in [5, 5.41) is 3.70. The molecule has 2 atom stereocenters. The number of esters is 1. The Morgan fingerprint density at radius 2 is 1.87 bits per heavy atom. The number of ether oxygens (including phenoxy) is 3. The molecule has 1 aromatic heterocycles. The first-order chi connectivity index (χ1) is 18.8. The van der Waals surface area contributed by atoms with Crippen molar-refractivity contribution in [3.8, 4) is 5.75 Å². The normalized spacial score (nSPS) is 19.1. The fourth-order valence-corrected chi connectivity index (χ4v) is 5.51. The van der Waals surface area contributed by atoms with Crippen LogP contribution < -0.4 is 15.5 Å². The van der Waals surface area contributed by atoms with Crippen molar-refractivity contribution in [2.75, 3.05) is 27.4 Å². The highest BCUT2D eigenvalue weighted by Crippen LogP contribution is 2.45. The average molecular weight is 530 g/mol. The zero-order chi connectivity index (χ0) is 27.7. The van der Waals surface area contributed by atoms with Gasteiger partial charge < -0.3 is 23.9 Å². The first-order valence-electron chi connectivity index (χ1n) is 12.9. The molecule has 8 nitrogen and oxygen atoms in total. The van der Waals surface area contributed by atoms with E-state index in [-0.39, 0.29) is 47.9 Å². The van der Waals surface area contributed by atoms with Gasteiger partial charge in [-0.25, -0.2) is 4.79 Å². The maximum atomic E-state index is 13.9. The monoisotopic (exact) mass is 529 g/mol. The van der Waals surface area contributed by atoms with Crippen LogP contribution in [0.2, 0.25) is 0 Å². The number of rotatable bonds is 7. The van der Waals surface area contributed by atoms with Crippen LogP contribution in [0.25, 0.3) is 11.0 Å². The first kappa shape index (κ1) is 26.4. The Morgan fingerprint density at radius 3 is 2.64 bits per heavy atom. The number of ketones is 1. The van der Waals surface area contributed by atoms with Crippen LogP contribution >= 0.6 is 0 Å². The summed E-state index contributed by atoms with van der Waals surface area (Å²) in [6.07, 6.45) is 2.14. The second-order valence-corrected chi connectivity index (χ2v) is 9.94. The van der Waals surface area contributed by atoms with Gasteiger partial charge in [0.15, 0.2) is 11.2 Å². The van der Waals surface area contributed by atoms with Gasteiger partial charge in [-0.15, -0.1) is 0 Å². The van der Waals surface area contributed by atoms with E-state index >= 15 is 0 Å². The van der Waals surface area contributed by atoms with Crippen molar-refractivity contribution >= 4 is 22.7 Å². The Bertz CT molecular complexity index is 1580. The van der Waals surface area contributed by atoms with E-state index in [0.29, 0.717) is 34.4 Å². The van der Waals surface area contributed by atoms with Gasteiger partial charge >= 0.3 is 5.97 Å². The Morgan fingerprint density at radius 1 is 1.05 bits per heavy atom. The SMILES string of the molecule is COCCOC(=O)C1=C(C)NC2=C(C(=O)C[C@@H](c3cccc(OC)c3)C2)[C@H]1c1coc2ccc(C)cc2c1=O. The van der Waals surface area contributed by atoms with Gasteiger partial charge in [0.25, 0.3) is 0 Å². The fraction of sp³-hybridized carbons (Fsp3) is 0.323. The van der Waals surface area contributed by atoms with Crippen molar-refractivity contribution in [3.63, 3.8) is 0 Å². The van der Waals surface area contributed by atoms with Gasteiger partial charge in [-0.3, -0.25) is 9.59 Å². The molecule has 2 heterocycles. The van der Waals surface area contributed by atoms with Crippen molar-refractivity contribution in [3.05, 3.63) is 98.2 Å². The molecule has 0 amide bonds. The molecule has 0 fully saturated rings. The predicted molar refractivity (Wildman–Crippen MR) is 146 cm³/mol. The zero-order valence-corrected chi connectivity index (χ0v) is 22.5. The van der Waals surface area contributed by atoms with E-state index in [2.05, 4.69) is 5.32 Å². The fourth-order valence-electron chi connectivity index (χ4n) is 5.51. The minimum Gasteiger partial charge on any atom is -0.497 e. The van der Waals surface area contributed by atoms with Gasteiger partial charge in [0.2, 0.25) is 0 Å². The average Bonchev–Trinajstić information content (AvgIpc) is 2.93. The van der Waals surface area contributed by atoms with Gasteiger partial charge in [-0.05, 0) is 56.0 Å². The Kier molecular flexibility index (Phi) is 7.39. The highest BCUT2D eigenvalue weighted by molar-refractivity contribution is 6.04. The molecule has 2 aliphatic rings. The maximum Gasteiger partial charge on any atom is 0.336 e. The quantitative estimate of drug-likeness (QED) is 0.348. The van der Waals surface area contributed by atoms with Crippen LogP contribution in [-0.2, 0) is 19.1 Å². The molecule has 3 aromatic rings. The van der Waals surface area contributed by atoms with E-state index in [1.807, 2.05) is 37.3 Å². The summed E-state index contributed by atoms with van der Waals surface area (Å²) >= 11 is 0. The molecular formula is C31H31NO7. The topological polar surface area (TPSA) is 104 Å². The highest BCUT2D eigenvalue weighted by atomic mass is 16.6. The predicted octanol–water partition coefficient (Wildman–Crippen LogP) is 4.66. The number of nitrogens with one attached hydrogen (secondary N) is 1. The molecule has 0 unspecified atom stereocenters. The minimum atomic E-state index is -0.920.